The standard InChI is InChI=1S/C17H22F2N4S.HI/c1-3-14-11-23-16(24-14)7-9-22-17(20-2)21-8-6-12-10-13(18)4-5-15(12)19;/h4-5,10-11H,3,6-9H2,1-2H3,(H2,20,21,22);1H. The summed E-state index contributed by atoms with van der Waals surface area (Å²) in [5, 5.41) is 7.39. The first kappa shape index (κ1) is 21.8. The molecule has 0 unspecified atom stereocenters. The van der Waals surface area contributed by atoms with E-state index in [1.54, 1.807) is 18.4 Å². The molecule has 2 N–H and O–H groups in total. The van der Waals surface area contributed by atoms with Crippen LogP contribution in [0.5, 0.6) is 0 Å². The van der Waals surface area contributed by atoms with Crippen LogP contribution in [0.25, 0.3) is 0 Å². The molecule has 1 aromatic heterocycles. The molecule has 0 aliphatic heterocycles. The third-order valence-electron chi connectivity index (χ3n) is 3.50. The van der Waals surface area contributed by atoms with Crippen LogP contribution < -0.4 is 10.6 Å². The first-order chi connectivity index (χ1) is 11.6. The van der Waals surface area contributed by atoms with Gasteiger partial charge >= 0.3 is 0 Å². The Balaban J connectivity index is 0.00000312. The van der Waals surface area contributed by atoms with Gasteiger partial charge in [-0.2, -0.15) is 0 Å². The molecule has 0 saturated carbocycles. The molecule has 0 fully saturated rings. The molecule has 0 radical (unpaired) electrons. The first-order valence-electron chi connectivity index (χ1n) is 7.94. The molecule has 0 aliphatic rings. The Hall–Kier alpha value is -1.29. The summed E-state index contributed by atoms with van der Waals surface area (Å²) in [6.45, 7) is 3.30. The lowest BCUT2D eigenvalue weighted by atomic mass is 10.1. The van der Waals surface area contributed by atoms with Crippen LogP contribution in [0, 0.1) is 11.6 Å². The number of benzene rings is 1. The molecule has 1 aromatic carbocycles. The number of hydrogen-bond acceptors (Lipinski definition) is 3. The van der Waals surface area contributed by atoms with Gasteiger partial charge in [-0.25, -0.2) is 13.8 Å². The molecular weight excluding hydrogens is 457 g/mol. The molecule has 138 valence electrons. The third-order valence-corrected chi connectivity index (χ3v) is 4.70. The summed E-state index contributed by atoms with van der Waals surface area (Å²) >= 11 is 1.72. The van der Waals surface area contributed by atoms with Crippen LogP contribution in [0.15, 0.2) is 29.4 Å². The Morgan fingerprint density at radius 3 is 2.56 bits per heavy atom. The van der Waals surface area contributed by atoms with Gasteiger partial charge in [0, 0.05) is 37.6 Å². The van der Waals surface area contributed by atoms with Crippen molar-refractivity contribution < 1.29 is 8.78 Å². The minimum Gasteiger partial charge on any atom is -0.356 e. The summed E-state index contributed by atoms with van der Waals surface area (Å²) in [4.78, 5) is 9.77. The molecule has 8 heteroatoms. The van der Waals surface area contributed by atoms with Gasteiger partial charge in [0.25, 0.3) is 0 Å². The highest BCUT2D eigenvalue weighted by Gasteiger charge is 2.05. The van der Waals surface area contributed by atoms with Gasteiger partial charge in [0.2, 0.25) is 0 Å². The Labute approximate surface area is 168 Å². The maximum absolute atomic E-state index is 13.6. The van der Waals surface area contributed by atoms with E-state index in [2.05, 4.69) is 27.5 Å². The maximum atomic E-state index is 13.6. The van der Waals surface area contributed by atoms with Gasteiger partial charge in [0.1, 0.15) is 11.6 Å². The summed E-state index contributed by atoms with van der Waals surface area (Å²) in [5.74, 6) is -0.181. The topological polar surface area (TPSA) is 49.3 Å². The molecule has 1 heterocycles. The zero-order valence-corrected chi connectivity index (χ0v) is 17.5. The number of aliphatic imine (C=N–C) groups is 1. The van der Waals surface area contributed by atoms with Gasteiger partial charge in [-0.3, -0.25) is 4.99 Å². The molecule has 0 saturated heterocycles. The number of thiazole rings is 1. The lowest BCUT2D eigenvalue weighted by molar-refractivity contribution is 0.583. The number of aryl methyl sites for hydroxylation is 1. The zero-order chi connectivity index (χ0) is 17.4. The highest BCUT2D eigenvalue weighted by Crippen LogP contribution is 2.13. The maximum Gasteiger partial charge on any atom is 0.191 e. The van der Waals surface area contributed by atoms with Crippen LogP contribution in [0.3, 0.4) is 0 Å². The van der Waals surface area contributed by atoms with E-state index in [-0.39, 0.29) is 24.0 Å². The molecule has 2 aromatic rings. The van der Waals surface area contributed by atoms with Gasteiger partial charge in [0.15, 0.2) is 5.96 Å². The van der Waals surface area contributed by atoms with Crippen molar-refractivity contribution in [2.75, 3.05) is 20.1 Å². The van der Waals surface area contributed by atoms with Crippen LogP contribution in [-0.4, -0.2) is 31.1 Å². The van der Waals surface area contributed by atoms with E-state index in [0.717, 1.165) is 30.0 Å². The van der Waals surface area contributed by atoms with Crippen LogP contribution >= 0.6 is 35.3 Å². The summed E-state index contributed by atoms with van der Waals surface area (Å²) in [6, 6.07) is 3.49. The van der Waals surface area contributed by atoms with Gasteiger partial charge in [-0.15, -0.1) is 35.3 Å². The van der Waals surface area contributed by atoms with E-state index in [1.807, 2.05) is 6.20 Å². The van der Waals surface area contributed by atoms with E-state index < -0.39 is 11.6 Å². The molecule has 25 heavy (non-hydrogen) atoms. The molecule has 0 spiro atoms. The van der Waals surface area contributed by atoms with Crippen LogP contribution in [0.2, 0.25) is 0 Å². The van der Waals surface area contributed by atoms with E-state index in [0.29, 0.717) is 31.0 Å². The van der Waals surface area contributed by atoms with Crippen molar-refractivity contribution in [3.8, 4) is 0 Å². The van der Waals surface area contributed by atoms with E-state index >= 15 is 0 Å². The number of hydrogen-bond donors (Lipinski definition) is 2. The van der Waals surface area contributed by atoms with Crippen molar-refractivity contribution >= 4 is 41.3 Å². The van der Waals surface area contributed by atoms with Crippen molar-refractivity contribution in [1.29, 1.82) is 0 Å². The van der Waals surface area contributed by atoms with Crippen molar-refractivity contribution in [2.24, 2.45) is 4.99 Å². The smallest absolute Gasteiger partial charge is 0.191 e. The molecule has 0 aliphatic carbocycles. The second-order valence-electron chi connectivity index (χ2n) is 5.24. The number of nitrogens with zero attached hydrogens (tertiary/aromatic N) is 2. The number of guanidine groups is 1. The number of aromatic nitrogens is 1. The minimum atomic E-state index is -0.427. The second-order valence-corrected chi connectivity index (χ2v) is 6.44. The Bertz CT molecular complexity index is 691. The zero-order valence-electron chi connectivity index (χ0n) is 14.3. The third kappa shape index (κ3) is 7.23. The molecular formula is C17H23F2IN4S. The molecule has 4 nitrogen and oxygen atoms in total. The van der Waals surface area contributed by atoms with Crippen molar-refractivity contribution in [3.05, 3.63) is 51.5 Å². The second kappa shape index (κ2) is 11.3. The largest absolute Gasteiger partial charge is 0.356 e. The fourth-order valence-electron chi connectivity index (χ4n) is 2.19. The van der Waals surface area contributed by atoms with Crippen LogP contribution in [0.4, 0.5) is 8.78 Å². The van der Waals surface area contributed by atoms with Gasteiger partial charge < -0.3 is 10.6 Å². The van der Waals surface area contributed by atoms with Crippen molar-refractivity contribution in [3.63, 3.8) is 0 Å². The van der Waals surface area contributed by atoms with E-state index in [9.17, 15) is 8.78 Å². The average Bonchev–Trinajstić information content (AvgIpc) is 3.04. The summed E-state index contributed by atoms with van der Waals surface area (Å²) in [6.07, 6.45) is 4.13. The van der Waals surface area contributed by atoms with Gasteiger partial charge in [0.05, 0.1) is 5.01 Å². The quantitative estimate of drug-likeness (QED) is 0.362. The predicted molar refractivity (Wildman–Crippen MR) is 110 cm³/mol. The first-order valence-corrected chi connectivity index (χ1v) is 8.76. The van der Waals surface area contributed by atoms with Crippen LogP contribution in [0.1, 0.15) is 22.4 Å². The summed E-state index contributed by atoms with van der Waals surface area (Å²) in [5.41, 5.74) is 0.354. The molecule has 0 bridgehead atoms. The molecule has 0 atom stereocenters. The monoisotopic (exact) mass is 480 g/mol. The van der Waals surface area contributed by atoms with E-state index in [4.69, 9.17) is 0 Å². The van der Waals surface area contributed by atoms with Crippen molar-refractivity contribution in [2.45, 2.75) is 26.2 Å². The number of rotatable bonds is 7. The van der Waals surface area contributed by atoms with Crippen molar-refractivity contribution in [1.82, 2.24) is 15.6 Å². The molecule has 2 rings (SSSR count). The normalized spacial score (nSPS) is 11.1. The highest BCUT2D eigenvalue weighted by molar-refractivity contribution is 14.0. The summed E-state index contributed by atoms with van der Waals surface area (Å²) in [7, 11) is 1.68. The Kier molecular flexibility index (Phi) is 9.88. The fourth-order valence-corrected chi connectivity index (χ4v) is 3.05. The summed E-state index contributed by atoms with van der Waals surface area (Å²) < 4.78 is 26.7. The lowest BCUT2D eigenvalue weighted by Crippen LogP contribution is -2.39. The Morgan fingerprint density at radius 1 is 1.20 bits per heavy atom. The number of halogens is 3. The Morgan fingerprint density at radius 2 is 1.92 bits per heavy atom. The van der Waals surface area contributed by atoms with Gasteiger partial charge in [-0.05, 0) is 36.6 Å². The SMILES string of the molecule is CCc1cnc(CCNC(=NC)NCCc2cc(F)ccc2F)s1.I. The number of nitrogens with one attached hydrogen (secondary N) is 2. The predicted octanol–water partition coefficient (Wildman–Crippen LogP) is 3.55. The van der Waals surface area contributed by atoms with Gasteiger partial charge in [-0.1, -0.05) is 6.92 Å². The van der Waals surface area contributed by atoms with Crippen LogP contribution in [-0.2, 0) is 19.3 Å². The average molecular weight is 480 g/mol. The minimum absolute atomic E-state index is 0. The lowest BCUT2D eigenvalue weighted by Gasteiger charge is -2.11. The molecule has 0 amide bonds. The highest BCUT2D eigenvalue weighted by atomic mass is 127. The fraction of sp³-hybridized carbons (Fsp3) is 0.412. The van der Waals surface area contributed by atoms with E-state index in [1.165, 1.54) is 10.9 Å².